The predicted octanol–water partition coefficient (Wildman–Crippen LogP) is 3.32. The van der Waals surface area contributed by atoms with Gasteiger partial charge in [-0.15, -0.1) is 0 Å². The van der Waals surface area contributed by atoms with Crippen molar-refractivity contribution in [1.82, 2.24) is 0 Å². The normalized spacial score (nSPS) is 11.2. The molecule has 0 amide bonds. The summed E-state index contributed by atoms with van der Waals surface area (Å²) in [6.45, 7) is 0.0170. The average Bonchev–Trinajstić information content (AvgIpc) is 2.45. The molecule has 0 fully saturated rings. The van der Waals surface area contributed by atoms with Crippen LogP contribution in [0.2, 0.25) is 0 Å². The molecule has 6 nitrogen and oxygen atoms in total. The number of benzene rings is 2. The maximum atomic E-state index is 12.1. The lowest BCUT2D eigenvalue weighted by molar-refractivity contribution is -0.384. The van der Waals surface area contributed by atoms with E-state index in [1.807, 2.05) is 0 Å². The van der Waals surface area contributed by atoms with Crippen LogP contribution in [0.25, 0.3) is 0 Å². The van der Waals surface area contributed by atoms with Crippen LogP contribution in [0.5, 0.6) is 0 Å². The minimum Gasteiger partial charge on any atom is -0.265 e. The molecule has 0 N–H and O–H groups in total. The van der Waals surface area contributed by atoms with Gasteiger partial charge in [0.2, 0.25) is 10.0 Å². The molecule has 0 aliphatic heterocycles. The van der Waals surface area contributed by atoms with Gasteiger partial charge in [0.15, 0.2) is 0 Å². The molecule has 0 atom stereocenters. The number of hydrogen-bond donors (Lipinski definition) is 0. The highest BCUT2D eigenvalue weighted by Crippen LogP contribution is 2.29. The number of non-ortho nitro benzene ring substituents is 1. The van der Waals surface area contributed by atoms with E-state index in [0.29, 0.717) is 15.7 Å². The summed E-state index contributed by atoms with van der Waals surface area (Å²) in [5.74, 6) is 0. The van der Waals surface area contributed by atoms with E-state index < -0.39 is 14.9 Å². The summed E-state index contributed by atoms with van der Waals surface area (Å²) in [6.07, 6.45) is 1.10. The van der Waals surface area contributed by atoms with Crippen molar-refractivity contribution < 1.29 is 13.3 Å². The molecule has 0 aliphatic rings. The van der Waals surface area contributed by atoms with Crippen molar-refractivity contribution >= 4 is 37.3 Å². The Labute approximate surface area is 136 Å². The van der Waals surface area contributed by atoms with Gasteiger partial charge in [0.25, 0.3) is 5.69 Å². The van der Waals surface area contributed by atoms with E-state index in [9.17, 15) is 18.5 Å². The van der Waals surface area contributed by atoms with Crippen LogP contribution < -0.4 is 4.31 Å². The van der Waals surface area contributed by atoms with E-state index in [1.165, 1.54) is 22.5 Å². The lowest BCUT2D eigenvalue weighted by Crippen LogP contribution is -2.29. The van der Waals surface area contributed by atoms with Gasteiger partial charge < -0.3 is 0 Å². The summed E-state index contributed by atoms with van der Waals surface area (Å²) < 4.78 is 26.0. The molecule has 2 rings (SSSR count). The zero-order valence-corrected chi connectivity index (χ0v) is 14.0. The zero-order chi connectivity index (χ0) is 16.3. The monoisotopic (exact) mass is 384 g/mol. The first-order chi connectivity index (χ1) is 10.3. The van der Waals surface area contributed by atoms with E-state index in [1.54, 1.807) is 30.3 Å². The third kappa shape index (κ3) is 3.83. The molecule has 2 aromatic rings. The zero-order valence-electron chi connectivity index (χ0n) is 11.6. The summed E-state index contributed by atoms with van der Waals surface area (Å²) in [6, 6.07) is 12.8. The van der Waals surface area contributed by atoms with Crippen molar-refractivity contribution in [3.05, 3.63) is 68.7 Å². The summed E-state index contributed by atoms with van der Waals surface area (Å²) in [5, 5.41) is 10.8. The highest BCUT2D eigenvalue weighted by atomic mass is 79.9. The Bertz CT molecular complexity index is 808. The van der Waals surface area contributed by atoms with E-state index in [2.05, 4.69) is 15.9 Å². The molecule has 2 aromatic carbocycles. The molecule has 0 aliphatic carbocycles. The van der Waals surface area contributed by atoms with Crippen LogP contribution in [0.15, 0.2) is 53.0 Å². The molecule has 0 spiro atoms. The number of nitrogens with zero attached hydrogens (tertiary/aromatic N) is 2. The number of sulfonamides is 1. The van der Waals surface area contributed by atoms with Crippen molar-refractivity contribution in [1.29, 1.82) is 0 Å². The predicted molar refractivity (Wildman–Crippen MR) is 88.3 cm³/mol. The van der Waals surface area contributed by atoms with Gasteiger partial charge in [0.1, 0.15) is 0 Å². The topological polar surface area (TPSA) is 80.5 Å². The highest BCUT2D eigenvalue weighted by molar-refractivity contribution is 9.10. The van der Waals surface area contributed by atoms with Gasteiger partial charge in [-0.05, 0) is 33.6 Å². The number of anilines is 1. The van der Waals surface area contributed by atoms with Crippen LogP contribution in [0.1, 0.15) is 5.56 Å². The van der Waals surface area contributed by atoms with Crippen molar-refractivity contribution in [3.8, 4) is 0 Å². The summed E-state index contributed by atoms with van der Waals surface area (Å²) in [5.41, 5.74) is 0.949. The smallest absolute Gasteiger partial charge is 0.265 e. The van der Waals surface area contributed by atoms with Gasteiger partial charge in [0, 0.05) is 16.6 Å². The Morgan fingerprint density at radius 1 is 1.18 bits per heavy atom. The van der Waals surface area contributed by atoms with Gasteiger partial charge in [0.05, 0.1) is 23.4 Å². The Hall–Kier alpha value is -1.93. The second-order valence-corrected chi connectivity index (χ2v) is 7.41. The Kier molecular flexibility index (Phi) is 4.82. The average molecular weight is 385 g/mol. The molecule has 8 heteroatoms. The number of nitro benzene ring substituents is 1. The first-order valence-electron chi connectivity index (χ1n) is 6.24. The second kappa shape index (κ2) is 6.45. The molecule has 0 aromatic heterocycles. The fraction of sp³-hybridized carbons (Fsp3) is 0.143. The van der Waals surface area contributed by atoms with Crippen LogP contribution in [0, 0.1) is 10.1 Å². The minimum absolute atomic E-state index is 0.0170. The van der Waals surface area contributed by atoms with E-state index in [-0.39, 0.29) is 12.2 Å². The fourth-order valence-electron chi connectivity index (χ4n) is 1.97. The summed E-state index contributed by atoms with van der Waals surface area (Å²) in [7, 11) is -3.54. The largest absolute Gasteiger partial charge is 0.269 e. The SMILES string of the molecule is CS(=O)(=O)N(Cc1cccc([N+](=O)[O-])c1)c1ccccc1Br. The lowest BCUT2D eigenvalue weighted by Gasteiger charge is -2.23. The molecule has 0 saturated heterocycles. The van der Waals surface area contributed by atoms with Crippen LogP contribution in [0.3, 0.4) is 0 Å². The van der Waals surface area contributed by atoms with Gasteiger partial charge >= 0.3 is 0 Å². The standard InChI is InChI=1S/C14H13BrN2O4S/c1-22(20,21)16(14-8-3-2-7-13(14)15)10-11-5-4-6-12(9-11)17(18)19/h2-9H,10H2,1H3. The molecule has 0 radical (unpaired) electrons. The van der Waals surface area contributed by atoms with Crippen LogP contribution in [-0.2, 0) is 16.6 Å². The first-order valence-corrected chi connectivity index (χ1v) is 8.89. The van der Waals surface area contributed by atoms with Crippen molar-refractivity contribution in [2.75, 3.05) is 10.6 Å². The van der Waals surface area contributed by atoms with Gasteiger partial charge in [-0.2, -0.15) is 0 Å². The molecule has 116 valence electrons. The maximum absolute atomic E-state index is 12.1. The molecular formula is C14H13BrN2O4S. The molecule has 0 unspecified atom stereocenters. The van der Waals surface area contributed by atoms with Crippen LogP contribution in [0.4, 0.5) is 11.4 Å². The highest BCUT2D eigenvalue weighted by Gasteiger charge is 2.20. The fourth-order valence-corrected chi connectivity index (χ4v) is 3.49. The summed E-state index contributed by atoms with van der Waals surface area (Å²) >= 11 is 3.33. The van der Waals surface area contributed by atoms with Crippen molar-refractivity contribution in [3.63, 3.8) is 0 Å². The van der Waals surface area contributed by atoms with E-state index in [4.69, 9.17) is 0 Å². The van der Waals surface area contributed by atoms with Crippen molar-refractivity contribution in [2.24, 2.45) is 0 Å². The quantitative estimate of drug-likeness (QED) is 0.584. The van der Waals surface area contributed by atoms with Crippen LogP contribution >= 0.6 is 15.9 Å². The third-order valence-electron chi connectivity index (χ3n) is 2.97. The molecular weight excluding hydrogens is 372 g/mol. The minimum atomic E-state index is -3.54. The van der Waals surface area contributed by atoms with Crippen molar-refractivity contribution in [2.45, 2.75) is 6.54 Å². The van der Waals surface area contributed by atoms with E-state index in [0.717, 1.165) is 6.26 Å². The van der Waals surface area contributed by atoms with Gasteiger partial charge in [-0.1, -0.05) is 24.3 Å². The Balaban J connectivity index is 2.43. The molecule has 22 heavy (non-hydrogen) atoms. The second-order valence-electron chi connectivity index (χ2n) is 4.65. The number of nitro groups is 1. The number of rotatable bonds is 5. The van der Waals surface area contributed by atoms with E-state index >= 15 is 0 Å². The van der Waals surface area contributed by atoms with Crippen LogP contribution in [-0.4, -0.2) is 19.6 Å². The maximum Gasteiger partial charge on any atom is 0.269 e. The first kappa shape index (κ1) is 16.4. The Morgan fingerprint density at radius 3 is 2.45 bits per heavy atom. The van der Waals surface area contributed by atoms with Gasteiger partial charge in [-0.25, -0.2) is 8.42 Å². The Morgan fingerprint density at radius 2 is 1.86 bits per heavy atom. The number of halogens is 1. The number of para-hydroxylation sites is 1. The summed E-state index contributed by atoms with van der Waals surface area (Å²) in [4.78, 5) is 10.3. The third-order valence-corrected chi connectivity index (χ3v) is 4.77. The van der Waals surface area contributed by atoms with Gasteiger partial charge in [-0.3, -0.25) is 14.4 Å². The molecule has 0 saturated carbocycles. The molecule has 0 bridgehead atoms. The number of hydrogen-bond acceptors (Lipinski definition) is 4. The molecule has 0 heterocycles. The lowest BCUT2D eigenvalue weighted by atomic mass is 10.2.